The smallest absolute Gasteiger partial charge is 0.217 e. The summed E-state index contributed by atoms with van der Waals surface area (Å²) >= 11 is 0. The second-order valence-electron chi connectivity index (χ2n) is 11.0. The third kappa shape index (κ3) is 7.36. The van der Waals surface area contributed by atoms with Gasteiger partial charge in [0.2, 0.25) is 5.91 Å². The maximum Gasteiger partial charge on any atom is 0.217 e. The first-order chi connectivity index (χ1) is 19.5. The molecule has 2 heterocycles. The summed E-state index contributed by atoms with van der Waals surface area (Å²) in [4.78, 5) is 16.3. The van der Waals surface area contributed by atoms with Crippen molar-refractivity contribution in [2.45, 2.75) is 52.0 Å². The van der Waals surface area contributed by atoms with Crippen LogP contribution in [0.2, 0.25) is 0 Å². The number of carbonyl (C=O) groups excluding carboxylic acids is 1. The van der Waals surface area contributed by atoms with E-state index in [1.54, 1.807) is 0 Å². The molecule has 212 valence electrons. The predicted molar refractivity (Wildman–Crippen MR) is 155 cm³/mol. The second kappa shape index (κ2) is 13.5. The number of piperazine rings is 1. The number of ether oxygens (including phenoxy) is 2. The first kappa shape index (κ1) is 28.5. The fourth-order valence-corrected chi connectivity index (χ4v) is 5.57. The average Bonchev–Trinajstić information content (AvgIpc) is 2.99. The molecule has 2 saturated heterocycles. The summed E-state index contributed by atoms with van der Waals surface area (Å²) < 4.78 is 13.3. The molecule has 7 heteroatoms. The zero-order chi connectivity index (χ0) is 27.9. The molecule has 0 bridgehead atoms. The van der Waals surface area contributed by atoms with Gasteiger partial charge in [0, 0.05) is 64.2 Å². The molecule has 5 rings (SSSR count). The van der Waals surface area contributed by atoms with Crippen molar-refractivity contribution in [3.05, 3.63) is 107 Å². The highest BCUT2D eigenvalue weighted by atomic mass is 16.7. The Hall–Kier alpha value is -3.07. The molecule has 4 unspecified atom stereocenters. The van der Waals surface area contributed by atoms with Crippen LogP contribution in [0.5, 0.6) is 0 Å². The van der Waals surface area contributed by atoms with E-state index in [9.17, 15) is 9.90 Å². The summed E-state index contributed by atoms with van der Waals surface area (Å²) in [5, 5.41) is 12.4. The number of hydrogen-bond donors (Lipinski definition) is 2. The van der Waals surface area contributed by atoms with Crippen LogP contribution in [-0.2, 0) is 34.0 Å². The van der Waals surface area contributed by atoms with Crippen LogP contribution in [0.1, 0.15) is 54.1 Å². The van der Waals surface area contributed by atoms with E-state index in [4.69, 9.17) is 9.47 Å². The van der Waals surface area contributed by atoms with E-state index < -0.39 is 6.29 Å². The molecule has 0 spiro atoms. The number of aliphatic hydroxyl groups excluding tert-OH is 1. The number of aliphatic hydroxyl groups is 1. The molecule has 0 aromatic heterocycles. The molecule has 2 aliphatic rings. The van der Waals surface area contributed by atoms with Crippen molar-refractivity contribution in [3.8, 4) is 0 Å². The van der Waals surface area contributed by atoms with Gasteiger partial charge in [0.05, 0.1) is 18.8 Å². The lowest BCUT2D eigenvalue weighted by molar-refractivity contribution is -0.276. The third-order valence-electron chi connectivity index (χ3n) is 8.07. The number of carbonyl (C=O) groups is 1. The fraction of sp³-hybridized carbons (Fsp3) is 0.424. The molecule has 2 aliphatic heterocycles. The van der Waals surface area contributed by atoms with Crippen LogP contribution < -0.4 is 5.32 Å². The highest BCUT2D eigenvalue weighted by molar-refractivity contribution is 5.72. The minimum absolute atomic E-state index is 0.000924. The van der Waals surface area contributed by atoms with Crippen molar-refractivity contribution < 1.29 is 19.4 Å². The fourth-order valence-electron chi connectivity index (χ4n) is 5.57. The van der Waals surface area contributed by atoms with E-state index in [1.807, 2.05) is 36.4 Å². The first-order valence-electron chi connectivity index (χ1n) is 14.3. The van der Waals surface area contributed by atoms with Gasteiger partial charge in [0.1, 0.15) is 0 Å². The predicted octanol–water partition coefficient (Wildman–Crippen LogP) is 4.42. The summed E-state index contributed by atoms with van der Waals surface area (Å²) in [6.45, 7) is 10.2. The lowest BCUT2D eigenvalue weighted by Gasteiger charge is -2.44. The van der Waals surface area contributed by atoms with E-state index in [0.717, 1.165) is 61.5 Å². The molecule has 2 N–H and O–H groups in total. The van der Waals surface area contributed by atoms with Gasteiger partial charge < -0.3 is 19.9 Å². The van der Waals surface area contributed by atoms with Crippen LogP contribution in [0.4, 0.5) is 0 Å². The van der Waals surface area contributed by atoms with Gasteiger partial charge in [-0.15, -0.1) is 0 Å². The Bertz CT molecular complexity index is 1210. The van der Waals surface area contributed by atoms with Gasteiger partial charge in [0.15, 0.2) is 6.29 Å². The van der Waals surface area contributed by atoms with Crippen LogP contribution in [-0.4, -0.2) is 59.6 Å². The third-order valence-corrected chi connectivity index (χ3v) is 8.07. The lowest BCUT2D eigenvalue weighted by atomic mass is 9.90. The number of rotatable bonds is 9. The first-order valence-corrected chi connectivity index (χ1v) is 14.3. The zero-order valence-corrected chi connectivity index (χ0v) is 23.5. The lowest BCUT2D eigenvalue weighted by Crippen LogP contribution is -2.51. The van der Waals surface area contributed by atoms with Crippen LogP contribution >= 0.6 is 0 Å². The van der Waals surface area contributed by atoms with Gasteiger partial charge >= 0.3 is 0 Å². The van der Waals surface area contributed by atoms with E-state index in [1.165, 1.54) is 12.5 Å². The summed E-state index contributed by atoms with van der Waals surface area (Å²) in [6, 6.07) is 26.8. The minimum Gasteiger partial charge on any atom is -0.392 e. The van der Waals surface area contributed by atoms with Gasteiger partial charge in [0.25, 0.3) is 0 Å². The number of amides is 1. The number of nitrogens with one attached hydrogen (secondary N) is 1. The monoisotopic (exact) mass is 543 g/mol. The highest BCUT2D eigenvalue weighted by Crippen LogP contribution is 2.42. The maximum absolute atomic E-state index is 11.3. The standard InChI is InChI=1S/C33H41N3O4/c1-24-31(22-36-18-16-35(17-19-36)21-27-6-4-3-5-7-27)39-33(30-14-8-26(9-15-30)20-34-25(2)38)40-32(24)29-12-10-28(23-37)11-13-29/h3-15,24,31-33,37H,16-23H2,1-2H3,(H,34,38). The molecule has 0 saturated carbocycles. The molecule has 3 aromatic carbocycles. The van der Waals surface area contributed by atoms with Crippen molar-refractivity contribution in [3.63, 3.8) is 0 Å². The Labute approximate surface area is 237 Å². The van der Waals surface area contributed by atoms with E-state index >= 15 is 0 Å². The largest absolute Gasteiger partial charge is 0.392 e. The average molecular weight is 544 g/mol. The van der Waals surface area contributed by atoms with Gasteiger partial charge in [-0.1, -0.05) is 85.8 Å². The molecule has 40 heavy (non-hydrogen) atoms. The molecule has 0 aliphatic carbocycles. The van der Waals surface area contributed by atoms with E-state index in [2.05, 4.69) is 64.5 Å². The Morgan fingerprint density at radius 2 is 1.45 bits per heavy atom. The topological polar surface area (TPSA) is 74.3 Å². The molecule has 4 atom stereocenters. The Kier molecular flexibility index (Phi) is 9.62. The Morgan fingerprint density at radius 1 is 0.825 bits per heavy atom. The van der Waals surface area contributed by atoms with Crippen molar-refractivity contribution in [1.29, 1.82) is 0 Å². The van der Waals surface area contributed by atoms with Gasteiger partial charge in [-0.25, -0.2) is 0 Å². The summed E-state index contributed by atoms with van der Waals surface area (Å²) in [5.41, 5.74) is 5.34. The SMILES string of the molecule is CC(=O)NCc1ccc(C2OC(CN3CCN(Cc4ccccc4)CC3)C(C)C(c3ccc(CO)cc3)O2)cc1. The normalized spacial score (nSPS) is 24.1. The van der Waals surface area contributed by atoms with Crippen molar-refractivity contribution >= 4 is 5.91 Å². The molecule has 7 nitrogen and oxygen atoms in total. The van der Waals surface area contributed by atoms with Crippen LogP contribution in [0.25, 0.3) is 0 Å². The van der Waals surface area contributed by atoms with Crippen molar-refractivity contribution in [2.75, 3.05) is 32.7 Å². The Balaban J connectivity index is 1.27. The van der Waals surface area contributed by atoms with Crippen LogP contribution in [0.15, 0.2) is 78.9 Å². The van der Waals surface area contributed by atoms with E-state index in [-0.39, 0.29) is 30.6 Å². The highest BCUT2D eigenvalue weighted by Gasteiger charge is 2.39. The van der Waals surface area contributed by atoms with Gasteiger partial charge in [-0.05, 0) is 22.3 Å². The van der Waals surface area contributed by atoms with Crippen LogP contribution in [0.3, 0.4) is 0 Å². The summed E-state index contributed by atoms with van der Waals surface area (Å²) in [5.74, 6) is 0.105. The molecular weight excluding hydrogens is 502 g/mol. The van der Waals surface area contributed by atoms with Crippen molar-refractivity contribution in [1.82, 2.24) is 15.1 Å². The van der Waals surface area contributed by atoms with Gasteiger partial charge in [-0.2, -0.15) is 0 Å². The number of benzene rings is 3. The molecule has 2 fully saturated rings. The zero-order valence-electron chi connectivity index (χ0n) is 23.5. The summed E-state index contributed by atoms with van der Waals surface area (Å²) in [6.07, 6.45) is -0.617. The molecular formula is C33H41N3O4. The molecule has 3 aromatic rings. The van der Waals surface area contributed by atoms with Gasteiger partial charge in [-0.3, -0.25) is 14.6 Å². The summed E-state index contributed by atoms with van der Waals surface area (Å²) in [7, 11) is 0. The van der Waals surface area contributed by atoms with Crippen LogP contribution in [0, 0.1) is 5.92 Å². The van der Waals surface area contributed by atoms with Crippen molar-refractivity contribution in [2.24, 2.45) is 5.92 Å². The Morgan fingerprint density at radius 3 is 2.10 bits per heavy atom. The second-order valence-corrected chi connectivity index (χ2v) is 11.0. The molecule has 1 amide bonds. The maximum atomic E-state index is 11.3. The number of nitrogens with zero attached hydrogens (tertiary/aromatic N) is 2. The minimum atomic E-state index is -0.488. The quantitative estimate of drug-likeness (QED) is 0.416. The van der Waals surface area contributed by atoms with E-state index in [0.29, 0.717) is 6.54 Å². The molecule has 0 radical (unpaired) electrons. The number of hydrogen-bond acceptors (Lipinski definition) is 6.